The Morgan fingerprint density at radius 3 is 2.08 bits per heavy atom. The molecule has 8 nitrogen and oxygen atoms in total. The zero-order valence-electron chi connectivity index (χ0n) is 21.8. The lowest BCUT2D eigenvalue weighted by Gasteiger charge is -2.47. The summed E-state index contributed by atoms with van der Waals surface area (Å²) >= 11 is 0. The second-order valence-electron chi connectivity index (χ2n) is 9.46. The quantitative estimate of drug-likeness (QED) is 0.392. The third-order valence-corrected chi connectivity index (χ3v) is 7.38. The Labute approximate surface area is 222 Å². The van der Waals surface area contributed by atoms with Crippen LogP contribution in [0.15, 0.2) is 64.6 Å². The molecule has 1 aliphatic carbocycles. The molecule has 198 valence electrons. The van der Waals surface area contributed by atoms with Crippen molar-refractivity contribution in [1.82, 2.24) is 0 Å². The lowest BCUT2D eigenvalue weighted by Crippen LogP contribution is -2.49. The molecule has 0 bridgehead atoms. The van der Waals surface area contributed by atoms with Crippen molar-refractivity contribution in [2.45, 2.75) is 37.5 Å². The topological polar surface area (TPSA) is 102 Å². The summed E-state index contributed by atoms with van der Waals surface area (Å²) in [4.78, 5) is 10.0. The number of hydrogen-bond donors (Lipinski definition) is 2. The largest absolute Gasteiger partial charge is 0.504 e. The van der Waals surface area contributed by atoms with Gasteiger partial charge in [0.25, 0.3) is 0 Å². The SMILES string of the molecule is COc1cccc(C=NC2c3cccc(OC)c3OC3(N=Cc4cccc(OC)c4O)CCCCC23)c1O. The van der Waals surface area contributed by atoms with Gasteiger partial charge in [0.2, 0.25) is 5.72 Å². The molecule has 1 saturated carbocycles. The van der Waals surface area contributed by atoms with Gasteiger partial charge in [-0.15, -0.1) is 0 Å². The first-order valence-electron chi connectivity index (χ1n) is 12.7. The molecule has 3 aromatic carbocycles. The fourth-order valence-corrected chi connectivity index (χ4v) is 5.44. The van der Waals surface area contributed by atoms with E-state index in [-0.39, 0.29) is 23.5 Å². The van der Waals surface area contributed by atoms with Crippen molar-refractivity contribution in [1.29, 1.82) is 0 Å². The van der Waals surface area contributed by atoms with E-state index < -0.39 is 5.72 Å². The summed E-state index contributed by atoms with van der Waals surface area (Å²) in [5, 5.41) is 21.3. The Bertz CT molecular complexity index is 1370. The van der Waals surface area contributed by atoms with Crippen molar-refractivity contribution in [3.05, 3.63) is 71.3 Å². The van der Waals surface area contributed by atoms with Crippen molar-refractivity contribution >= 4 is 12.4 Å². The summed E-state index contributed by atoms with van der Waals surface area (Å²) in [5.41, 5.74) is 1.10. The van der Waals surface area contributed by atoms with E-state index >= 15 is 0 Å². The third kappa shape index (κ3) is 4.51. The van der Waals surface area contributed by atoms with Gasteiger partial charge in [0, 0.05) is 41.5 Å². The average Bonchev–Trinajstić information content (AvgIpc) is 2.95. The number of aliphatic imine (C=N–C) groups is 2. The van der Waals surface area contributed by atoms with Gasteiger partial charge in [0.15, 0.2) is 34.5 Å². The van der Waals surface area contributed by atoms with Gasteiger partial charge >= 0.3 is 0 Å². The van der Waals surface area contributed by atoms with Gasteiger partial charge in [-0.3, -0.25) is 4.99 Å². The number of phenols is 2. The van der Waals surface area contributed by atoms with Crippen molar-refractivity contribution < 1.29 is 29.2 Å². The molecule has 0 saturated heterocycles. The maximum atomic E-state index is 10.6. The van der Waals surface area contributed by atoms with Crippen LogP contribution >= 0.6 is 0 Å². The highest BCUT2D eigenvalue weighted by Crippen LogP contribution is 2.55. The number of methoxy groups -OCH3 is 3. The highest BCUT2D eigenvalue weighted by Gasteiger charge is 2.51. The van der Waals surface area contributed by atoms with E-state index in [1.54, 1.807) is 43.8 Å². The molecule has 1 heterocycles. The maximum absolute atomic E-state index is 10.6. The van der Waals surface area contributed by atoms with Gasteiger partial charge in [-0.25, -0.2) is 4.99 Å². The van der Waals surface area contributed by atoms with Gasteiger partial charge < -0.3 is 29.2 Å². The molecule has 8 heteroatoms. The molecule has 3 aromatic rings. The molecule has 3 atom stereocenters. The van der Waals surface area contributed by atoms with E-state index in [0.29, 0.717) is 40.5 Å². The monoisotopic (exact) mass is 516 g/mol. The van der Waals surface area contributed by atoms with Crippen LogP contribution in [-0.4, -0.2) is 49.7 Å². The van der Waals surface area contributed by atoms with Gasteiger partial charge in [0.05, 0.1) is 27.4 Å². The number of phenolic OH excluding ortho intramolecular Hbond substituents is 2. The van der Waals surface area contributed by atoms with Crippen LogP contribution in [0.3, 0.4) is 0 Å². The molecule has 1 fully saturated rings. The minimum absolute atomic E-state index is 0.0272. The minimum Gasteiger partial charge on any atom is -0.504 e. The molecule has 3 unspecified atom stereocenters. The summed E-state index contributed by atoms with van der Waals surface area (Å²) < 4.78 is 22.9. The van der Waals surface area contributed by atoms with E-state index in [4.69, 9.17) is 28.9 Å². The van der Waals surface area contributed by atoms with Crippen LogP contribution in [0.5, 0.6) is 34.5 Å². The lowest BCUT2D eigenvalue weighted by molar-refractivity contribution is -0.0443. The van der Waals surface area contributed by atoms with Crippen LogP contribution in [0.25, 0.3) is 0 Å². The zero-order chi connectivity index (χ0) is 26.7. The Hall–Kier alpha value is -4.20. The second kappa shape index (κ2) is 10.7. The molecule has 2 aliphatic rings. The first-order chi connectivity index (χ1) is 18.5. The fraction of sp³-hybridized carbons (Fsp3) is 0.333. The van der Waals surface area contributed by atoms with Crippen LogP contribution in [0, 0.1) is 5.92 Å². The fourth-order valence-electron chi connectivity index (χ4n) is 5.44. The standard InChI is InChI=1S/C30H32N2O6/c1-35-23-13-6-9-19(27(23)33)17-31-26-21-11-8-15-25(37-3)29(21)38-30(16-5-4-12-22(26)30)32-18-20-10-7-14-24(36-2)28(20)34/h6-11,13-15,17-18,22,26,33-34H,4-5,12,16H2,1-3H3. The van der Waals surface area contributed by atoms with Crippen LogP contribution in [0.2, 0.25) is 0 Å². The highest BCUT2D eigenvalue weighted by atomic mass is 16.5. The second-order valence-corrected chi connectivity index (χ2v) is 9.46. The van der Waals surface area contributed by atoms with Gasteiger partial charge in [-0.05, 0) is 43.2 Å². The summed E-state index contributed by atoms with van der Waals surface area (Å²) in [6, 6.07) is 16.1. The minimum atomic E-state index is -0.909. The van der Waals surface area contributed by atoms with Crippen molar-refractivity contribution in [3.63, 3.8) is 0 Å². The molecule has 0 spiro atoms. The number of para-hydroxylation sites is 3. The smallest absolute Gasteiger partial charge is 0.205 e. The normalized spacial score (nSPS) is 22.5. The zero-order valence-corrected chi connectivity index (χ0v) is 21.8. The van der Waals surface area contributed by atoms with E-state index in [1.807, 2.05) is 30.3 Å². The van der Waals surface area contributed by atoms with Crippen LogP contribution in [-0.2, 0) is 0 Å². The molecule has 2 N–H and O–H groups in total. The van der Waals surface area contributed by atoms with Crippen LogP contribution in [0.1, 0.15) is 48.4 Å². The third-order valence-electron chi connectivity index (χ3n) is 7.38. The van der Waals surface area contributed by atoms with Crippen LogP contribution < -0.4 is 18.9 Å². The van der Waals surface area contributed by atoms with Crippen molar-refractivity contribution in [2.75, 3.05) is 21.3 Å². The van der Waals surface area contributed by atoms with Crippen LogP contribution in [0.4, 0.5) is 0 Å². The first kappa shape index (κ1) is 25.4. The lowest BCUT2D eigenvalue weighted by atomic mass is 9.73. The van der Waals surface area contributed by atoms with E-state index in [1.165, 1.54) is 14.2 Å². The van der Waals surface area contributed by atoms with E-state index in [9.17, 15) is 10.2 Å². The number of benzene rings is 3. The molecular formula is C30H32N2O6. The number of nitrogens with zero attached hydrogens (tertiary/aromatic N) is 2. The van der Waals surface area contributed by atoms with E-state index in [0.717, 1.165) is 24.8 Å². The highest BCUT2D eigenvalue weighted by molar-refractivity contribution is 5.86. The number of fused-ring (bicyclic) bond motifs is 2. The Morgan fingerprint density at radius 2 is 1.42 bits per heavy atom. The predicted octanol–water partition coefficient (Wildman–Crippen LogP) is 5.68. The van der Waals surface area contributed by atoms with Gasteiger partial charge in [-0.1, -0.05) is 30.7 Å². The average molecular weight is 517 g/mol. The molecule has 5 rings (SSSR count). The first-order valence-corrected chi connectivity index (χ1v) is 12.7. The molecule has 38 heavy (non-hydrogen) atoms. The van der Waals surface area contributed by atoms with Gasteiger partial charge in [0.1, 0.15) is 0 Å². The molecular weight excluding hydrogens is 484 g/mol. The molecule has 0 amide bonds. The Morgan fingerprint density at radius 1 is 0.816 bits per heavy atom. The summed E-state index contributed by atoms with van der Waals surface area (Å²) in [6.07, 6.45) is 6.84. The number of ether oxygens (including phenoxy) is 4. The molecule has 0 aromatic heterocycles. The number of aromatic hydroxyl groups is 2. The molecule has 1 aliphatic heterocycles. The van der Waals surface area contributed by atoms with Crippen molar-refractivity contribution in [3.8, 4) is 34.5 Å². The summed E-state index contributed by atoms with van der Waals surface area (Å²) in [7, 11) is 4.65. The number of rotatable bonds is 7. The predicted molar refractivity (Wildman–Crippen MR) is 146 cm³/mol. The Kier molecular flexibility index (Phi) is 7.13. The van der Waals surface area contributed by atoms with Gasteiger partial charge in [-0.2, -0.15) is 0 Å². The molecule has 0 radical (unpaired) electrons. The maximum Gasteiger partial charge on any atom is 0.205 e. The number of hydrogen-bond acceptors (Lipinski definition) is 8. The van der Waals surface area contributed by atoms with Crippen molar-refractivity contribution in [2.24, 2.45) is 15.9 Å². The summed E-state index contributed by atoms with van der Waals surface area (Å²) in [5.74, 6) is 1.97. The Balaban J connectivity index is 1.61. The summed E-state index contributed by atoms with van der Waals surface area (Å²) in [6.45, 7) is 0. The van der Waals surface area contributed by atoms with E-state index in [2.05, 4.69) is 0 Å².